The summed E-state index contributed by atoms with van der Waals surface area (Å²) in [6.45, 7) is 5.46. The van der Waals surface area contributed by atoms with E-state index in [0.717, 1.165) is 6.54 Å². The van der Waals surface area contributed by atoms with E-state index in [1.54, 1.807) is 4.90 Å². The van der Waals surface area contributed by atoms with E-state index in [0.29, 0.717) is 25.3 Å². The molecule has 3 N–H and O–H groups in total. The standard InChI is InChI=1S/C10H19N3O2/c1-7(2)5-13-6-8(10(11)12-15)3-4-9(13)14/h7-8,15H,3-6H2,1-2H3,(H2,11,12). The van der Waals surface area contributed by atoms with Gasteiger partial charge >= 0.3 is 0 Å². The Balaban J connectivity index is 2.60. The maximum Gasteiger partial charge on any atom is 0.222 e. The Hall–Kier alpha value is -1.26. The van der Waals surface area contributed by atoms with Crippen LogP contribution in [0.1, 0.15) is 26.7 Å². The molecule has 0 aromatic heterocycles. The molecule has 1 atom stereocenters. The number of hydrogen-bond donors (Lipinski definition) is 2. The highest BCUT2D eigenvalue weighted by molar-refractivity contribution is 5.85. The number of carbonyl (C=O) groups is 1. The van der Waals surface area contributed by atoms with Crippen LogP contribution < -0.4 is 5.73 Å². The van der Waals surface area contributed by atoms with Crippen molar-refractivity contribution in [1.82, 2.24) is 4.90 Å². The molecule has 0 saturated carbocycles. The molecule has 15 heavy (non-hydrogen) atoms. The average Bonchev–Trinajstić information content (AvgIpc) is 2.19. The van der Waals surface area contributed by atoms with Gasteiger partial charge in [-0.2, -0.15) is 0 Å². The van der Waals surface area contributed by atoms with Gasteiger partial charge in [0, 0.05) is 25.4 Å². The number of hydrogen-bond acceptors (Lipinski definition) is 3. The molecule has 0 aliphatic carbocycles. The molecule has 1 aliphatic heterocycles. The smallest absolute Gasteiger partial charge is 0.222 e. The predicted molar refractivity (Wildman–Crippen MR) is 57.6 cm³/mol. The molecule has 1 unspecified atom stereocenters. The SMILES string of the molecule is CC(C)CN1CC(/C(N)=N/O)CCC1=O. The molecule has 1 saturated heterocycles. The molecule has 1 rings (SSSR count). The molecule has 1 amide bonds. The first-order valence-electron chi connectivity index (χ1n) is 5.29. The van der Waals surface area contributed by atoms with E-state index in [1.165, 1.54) is 0 Å². The molecule has 5 heteroatoms. The molecule has 0 bridgehead atoms. The predicted octanol–water partition coefficient (Wildman–Crippen LogP) is 0.627. The number of oxime groups is 1. The van der Waals surface area contributed by atoms with Crippen LogP contribution in [0.4, 0.5) is 0 Å². The second-order valence-electron chi connectivity index (χ2n) is 4.45. The fourth-order valence-electron chi connectivity index (χ4n) is 1.86. The van der Waals surface area contributed by atoms with Crippen molar-refractivity contribution >= 4 is 11.7 Å². The van der Waals surface area contributed by atoms with Gasteiger partial charge in [-0.25, -0.2) is 0 Å². The fraction of sp³-hybridized carbons (Fsp3) is 0.800. The van der Waals surface area contributed by atoms with Crippen LogP contribution in [0.3, 0.4) is 0 Å². The third-order valence-corrected chi connectivity index (χ3v) is 2.62. The van der Waals surface area contributed by atoms with E-state index in [2.05, 4.69) is 19.0 Å². The van der Waals surface area contributed by atoms with E-state index in [-0.39, 0.29) is 17.7 Å². The number of amides is 1. The molecular weight excluding hydrogens is 194 g/mol. The molecule has 0 spiro atoms. The minimum absolute atomic E-state index is 0.00597. The molecular formula is C10H19N3O2. The molecule has 0 aromatic carbocycles. The topological polar surface area (TPSA) is 78.9 Å². The third kappa shape index (κ3) is 3.11. The van der Waals surface area contributed by atoms with Gasteiger partial charge < -0.3 is 15.8 Å². The van der Waals surface area contributed by atoms with Gasteiger partial charge in [0.2, 0.25) is 5.91 Å². The lowest BCUT2D eigenvalue weighted by molar-refractivity contribution is -0.134. The van der Waals surface area contributed by atoms with Gasteiger partial charge in [0.25, 0.3) is 0 Å². The van der Waals surface area contributed by atoms with Crippen LogP contribution in [0.15, 0.2) is 5.16 Å². The van der Waals surface area contributed by atoms with Gasteiger partial charge in [-0.05, 0) is 12.3 Å². The zero-order chi connectivity index (χ0) is 11.4. The monoisotopic (exact) mass is 213 g/mol. The van der Waals surface area contributed by atoms with E-state index in [1.807, 2.05) is 0 Å². The Morgan fingerprint density at radius 2 is 2.40 bits per heavy atom. The molecule has 0 radical (unpaired) electrons. The van der Waals surface area contributed by atoms with Crippen LogP contribution in [0, 0.1) is 11.8 Å². The van der Waals surface area contributed by atoms with Gasteiger partial charge in [0.05, 0.1) is 0 Å². The summed E-state index contributed by atoms with van der Waals surface area (Å²) in [7, 11) is 0. The lowest BCUT2D eigenvalue weighted by Gasteiger charge is -2.33. The van der Waals surface area contributed by atoms with E-state index in [4.69, 9.17) is 10.9 Å². The number of amidine groups is 1. The maximum atomic E-state index is 11.6. The van der Waals surface area contributed by atoms with E-state index in [9.17, 15) is 4.79 Å². The summed E-state index contributed by atoms with van der Waals surface area (Å²) in [6.07, 6.45) is 1.18. The van der Waals surface area contributed by atoms with Crippen molar-refractivity contribution in [2.45, 2.75) is 26.7 Å². The molecule has 86 valence electrons. The van der Waals surface area contributed by atoms with Crippen molar-refractivity contribution in [3.63, 3.8) is 0 Å². The van der Waals surface area contributed by atoms with Gasteiger partial charge in [-0.3, -0.25) is 4.79 Å². The highest BCUT2D eigenvalue weighted by Crippen LogP contribution is 2.18. The Kier molecular flexibility index (Phi) is 3.94. The highest BCUT2D eigenvalue weighted by Gasteiger charge is 2.28. The van der Waals surface area contributed by atoms with Crippen LogP contribution in [0.2, 0.25) is 0 Å². The number of nitrogens with two attached hydrogens (primary N) is 1. The maximum absolute atomic E-state index is 11.6. The highest BCUT2D eigenvalue weighted by atomic mass is 16.4. The Bertz CT molecular complexity index is 263. The van der Waals surface area contributed by atoms with E-state index >= 15 is 0 Å². The summed E-state index contributed by atoms with van der Waals surface area (Å²) in [6, 6.07) is 0. The summed E-state index contributed by atoms with van der Waals surface area (Å²) in [5, 5.41) is 11.6. The number of piperidine rings is 1. The lowest BCUT2D eigenvalue weighted by Crippen LogP contribution is -2.45. The average molecular weight is 213 g/mol. The molecule has 1 fully saturated rings. The van der Waals surface area contributed by atoms with Crippen molar-refractivity contribution in [2.24, 2.45) is 22.7 Å². The zero-order valence-electron chi connectivity index (χ0n) is 9.31. The van der Waals surface area contributed by atoms with Crippen molar-refractivity contribution < 1.29 is 10.0 Å². The molecule has 1 aliphatic rings. The summed E-state index contributed by atoms with van der Waals surface area (Å²) in [5.41, 5.74) is 5.55. The van der Waals surface area contributed by atoms with Crippen LogP contribution in [0.25, 0.3) is 0 Å². The largest absolute Gasteiger partial charge is 0.409 e. The normalized spacial score (nSPS) is 23.7. The second kappa shape index (κ2) is 5.00. The second-order valence-corrected chi connectivity index (χ2v) is 4.45. The van der Waals surface area contributed by atoms with Crippen molar-refractivity contribution in [2.75, 3.05) is 13.1 Å². The van der Waals surface area contributed by atoms with Gasteiger partial charge in [-0.15, -0.1) is 0 Å². The number of carbonyl (C=O) groups excluding carboxylic acids is 1. The minimum Gasteiger partial charge on any atom is -0.409 e. The first-order valence-corrected chi connectivity index (χ1v) is 5.29. The Labute approximate surface area is 89.9 Å². The Morgan fingerprint density at radius 1 is 1.73 bits per heavy atom. The van der Waals surface area contributed by atoms with Crippen LogP contribution in [-0.4, -0.2) is 34.9 Å². The first-order chi connectivity index (χ1) is 7.04. The number of likely N-dealkylation sites (tertiary alicyclic amines) is 1. The molecule has 5 nitrogen and oxygen atoms in total. The molecule has 1 heterocycles. The number of rotatable bonds is 3. The lowest BCUT2D eigenvalue weighted by atomic mass is 9.96. The number of nitrogens with zero attached hydrogens (tertiary/aromatic N) is 2. The fourth-order valence-corrected chi connectivity index (χ4v) is 1.86. The quantitative estimate of drug-likeness (QED) is 0.312. The van der Waals surface area contributed by atoms with Gasteiger partial charge in [0.1, 0.15) is 5.84 Å². The first kappa shape index (κ1) is 11.8. The summed E-state index contributed by atoms with van der Waals surface area (Å²) in [5.74, 6) is 0.855. The van der Waals surface area contributed by atoms with Crippen molar-refractivity contribution in [3.05, 3.63) is 0 Å². The molecule has 0 aromatic rings. The van der Waals surface area contributed by atoms with Crippen molar-refractivity contribution in [1.29, 1.82) is 0 Å². The third-order valence-electron chi connectivity index (χ3n) is 2.62. The van der Waals surface area contributed by atoms with Crippen LogP contribution >= 0.6 is 0 Å². The zero-order valence-corrected chi connectivity index (χ0v) is 9.31. The van der Waals surface area contributed by atoms with Crippen LogP contribution in [0.5, 0.6) is 0 Å². The summed E-state index contributed by atoms with van der Waals surface area (Å²) < 4.78 is 0. The summed E-state index contributed by atoms with van der Waals surface area (Å²) >= 11 is 0. The minimum atomic E-state index is 0.00597. The Morgan fingerprint density at radius 3 is 2.93 bits per heavy atom. The van der Waals surface area contributed by atoms with Gasteiger partial charge in [0.15, 0.2) is 0 Å². The van der Waals surface area contributed by atoms with Crippen LogP contribution in [-0.2, 0) is 4.79 Å². The summed E-state index contributed by atoms with van der Waals surface area (Å²) in [4.78, 5) is 13.4. The van der Waals surface area contributed by atoms with Crippen molar-refractivity contribution in [3.8, 4) is 0 Å². The van der Waals surface area contributed by atoms with Gasteiger partial charge in [-0.1, -0.05) is 19.0 Å². The van der Waals surface area contributed by atoms with E-state index < -0.39 is 0 Å².